The van der Waals surface area contributed by atoms with Gasteiger partial charge in [0.25, 0.3) is 0 Å². The van der Waals surface area contributed by atoms with Crippen LogP contribution in [0.4, 0.5) is 8.78 Å². The lowest BCUT2D eigenvalue weighted by molar-refractivity contribution is -0.121. The highest BCUT2D eigenvalue weighted by Crippen LogP contribution is 2.24. The SMILES string of the molecule is O=C(CCc1ncc(-c2ccc(F)cc2F)o1)N[C@@H]1CC[S@](=O)C1. The van der Waals surface area contributed by atoms with Crippen LogP contribution in [0.2, 0.25) is 0 Å². The molecule has 1 aromatic heterocycles. The summed E-state index contributed by atoms with van der Waals surface area (Å²) in [5, 5.41) is 2.83. The molecule has 1 aromatic carbocycles. The summed E-state index contributed by atoms with van der Waals surface area (Å²) >= 11 is 0. The molecular weight excluding hydrogens is 338 g/mol. The highest BCUT2D eigenvalue weighted by Gasteiger charge is 2.22. The predicted octanol–water partition coefficient (Wildman–Crippen LogP) is 2.19. The molecule has 8 heteroatoms. The second kappa shape index (κ2) is 7.21. The van der Waals surface area contributed by atoms with Crippen molar-refractivity contribution in [2.24, 2.45) is 0 Å². The maximum Gasteiger partial charge on any atom is 0.220 e. The summed E-state index contributed by atoms with van der Waals surface area (Å²) in [6.07, 6.45) is 2.52. The minimum Gasteiger partial charge on any atom is -0.441 e. The van der Waals surface area contributed by atoms with E-state index in [9.17, 15) is 17.8 Å². The van der Waals surface area contributed by atoms with Crippen molar-refractivity contribution < 1.29 is 22.2 Å². The smallest absolute Gasteiger partial charge is 0.220 e. The Morgan fingerprint density at radius 3 is 2.96 bits per heavy atom. The molecule has 0 saturated carbocycles. The minimum absolute atomic E-state index is 0.0354. The average Bonchev–Trinajstić information content (AvgIpc) is 3.14. The highest BCUT2D eigenvalue weighted by molar-refractivity contribution is 7.85. The number of halogens is 2. The van der Waals surface area contributed by atoms with Gasteiger partial charge in [-0.05, 0) is 18.6 Å². The summed E-state index contributed by atoms with van der Waals surface area (Å²) in [5.41, 5.74) is 0.119. The molecule has 0 unspecified atom stereocenters. The molecule has 0 spiro atoms. The van der Waals surface area contributed by atoms with Crippen LogP contribution >= 0.6 is 0 Å². The molecule has 2 atom stereocenters. The van der Waals surface area contributed by atoms with Crippen LogP contribution in [0.3, 0.4) is 0 Å². The number of carbonyl (C=O) groups is 1. The minimum atomic E-state index is -0.839. The van der Waals surface area contributed by atoms with Crippen LogP contribution in [0.25, 0.3) is 11.3 Å². The fourth-order valence-electron chi connectivity index (χ4n) is 2.54. The lowest BCUT2D eigenvalue weighted by atomic mass is 10.2. The predicted molar refractivity (Wildman–Crippen MR) is 84.6 cm³/mol. The van der Waals surface area contributed by atoms with Crippen molar-refractivity contribution in [2.45, 2.75) is 25.3 Å². The number of aromatic nitrogens is 1. The zero-order chi connectivity index (χ0) is 17.1. The molecule has 2 heterocycles. The topological polar surface area (TPSA) is 72.2 Å². The Hall–Kier alpha value is -2.09. The molecule has 0 bridgehead atoms. The summed E-state index contributed by atoms with van der Waals surface area (Å²) in [4.78, 5) is 15.9. The normalized spacial score (nSPS) is 20.2. The number of amides is 1. The highest BCUT2D eigenvalue weighted by atomic mass is 32.2. The summed E-state index contributed by atoms with van der Waals surface area (Å²) in [5.74, 6) is 0.0560. The third-order valence-corrected chi connectivity index (χ3v) is 5.23. The number of hydrogen-bond acceptors (Lipinski definition) is 4. The second-order valence-corrected chi connectivity index (χ2v) is 7.23. The Bertz CT molecular complexity index is 778. The first kappa shape index (κ1) is 16.8. The third-order valence-electron chi connectivity index (χ3n) is 3.76. The lowest BCUT2D eigenvalue weighted by Crippen LogP contribution is -2.35. The molecule has 1 aliphatic rings. The van der Waals surface area contributed by atoms with Gasteiger partial charge in [0.05, 0.1) is 11.8 Å². The van der Waals surface area contributed by atoms with Gasteiger partial charge in [-0.25, -0.2) is 13.8 Å². The molecule has 0 radical (unpaired) electrons. The van der Waals surface area contributed by atoms with Crippen LogP contribution in [0.1, 0.15) is 18.7 Å². The number of nitrogens with one attached hydrogen (secondary N) is 1. The number of rotatable bonds is 5. The van der Waals surface area contributed by atoms with Gasteiger partial charge in [-0.1, -0.05) is 0 Å². The van der Waals surface area contributed by atoms with Gasteiger partial charge in [0.15, 0.2) is 11.7 Å². The van der Waals surface area contributed by atoms with Gasteiger partial charge >= 0.3 is 0 Å². The van der Waals surface area contributed by atoms with E-state index in [1.807, 2.05) is 0 Å². The molecule has 2 aromatic rings. The Morgan fingerprint density at radius 2 is 2.25 bits per heavy atom. The van der Waals surface area contributed by atoms with E-state index in [-0.39, 0.29) is 36.1 Å². The molecule has 5 nitrogen and oxygen atoms in total. The van der Waals surface area contributed by atoms with E-state index in [4.69, 9.17) is 4.42 Å². The van der Waals surface area contributed by atoms with Crippen LogP contribution in [0.15, 0.2) is 28.8 Å². The zero-order valence-corrected chi connectivity index (χ0v) is 13.6. The van der Waals surface area contributed by atoms with Gasteiger partial charge in [-0.2, -0.15) is 0 Å². The van der Waals surface area contributed by atoms with Crippen LogP contribution in [0, 0.1) is 11.6 Å². The quantitative estimate of drug-likeness (QED) is 0.893. The fourth-order valence-corrected chi connectivity index (χ4v) is 3.95. The van der Waals surface area contributed by atoms with E-state index in [1.165, 1.54) is 12.3 Å². The van der Waals surface area contributed by atoms with Gasteiger partial charge in [-0.3, -0.25) is 9.00 Å². The van der Waals surface area contributed by atoms with Crippen molar-refractivity contribution in [3.8, 4) is 11.3 Å². The number of aryl methyl sites for hydroxylation is 1. The second-order valence-electron chi connectivity index (χ2n) is 5.61. The van der Waals surface area contributed by atoms with Crippen molar-refractivity contribution >= 4 is 16.7 Å². The molecule has 1 fully saturated rings. The average molecular weight is 354 g/mol. The van der Waals surface area contributed by atoms with Gasteiger partial charge < -0.3 is 9.73 Å². The molecule has 1 aliphatic heterocycles. The Kier molecular flexibility index (Phi) is 5.03. The first-order chi connectivity index (χ1) is 11.5. The number of nitrogens with zero attached hydrogens (tertiary/aromatic N) is 1. The molecule has 1 amide bonds. The first-order valence-electron chi connectivity index (χ1n) is 7.56. The van der Waals surface area contributed by atoms with Crippen molar-refractivity contribution in [1.29, 1.82) is 0 Å². The summed E-state index contributed by atoms with van der Waals surface area (Å²) in [6, 6.07) is 3.16. The van der Waals surface area contributed by atoms with Gasteiger partial charge in [-0.15, -0.1) is 0 Å². The van der Waals surface area contributed by atoms with E-state index in [0.717, 1.165) is 18.6 Å². The van der Waals surface area contributed by atoms with Crippen molar-refractivity contribution in [2.75, 3.05) is 11.5 Å². The standard InChI is InChI=1S/C16H16F2N2O3S/c17-10-1-2-12(13(18)7-10)14-8-19-16(23-14)4-3-15(21)20-11-5-6-24(22)9-11/h1-2,7-8,11H,3-6,9H2,(H,20,21)/t11-,24+/m1/s1. The fraction of sp³-hybridized carbons (Fsp3) is 0.375. The zero-order valence-electron chi connectivity index (χ0n) is 12.8. The lowest BCUT2D eigenvalue weighted by Gasteiger charge is -2.09. The van der Waals surface area contributed by atoms with E-state index < -0.39 is 22.4 Å². The van der Waals surface area contributed by atoms with Crippen LogP contribution in [-0.4, -0.2) is 32.6 Å². The summed E-state index contributed by atoms with van der Waals surface area (Å²) in [7, 11) is -0.839. The van der Waals surface area contributed by atoms with Gasteiger partial charge in [0.2, 0.25) is 5.91 Å². The van der Waals surface area contributed by atoms with Crippen molar-refractivity contribution in [3.05, 3.63) is 41.9 Å². The molecule has 3 rings (SSSR count). The van der Waals surface area contributed by atoms with Crippen LogP contribution < -0.4 is 5.32 Å². The van der Waals surface area contributed by atoms with Gasteiger partial charge in [0.1, 0.15) is 11.6 Å². The number of carbonyl (C=O) groups excluding carboxylic acids is 1. The third kappa shape index (κ3) is 4.05. The number of hydrogen-bond donors (Lipinski definition) is 1. The Balaban J connectivity index is 1.56. The molecular formula is C16H16F2N2O3S. The van der Waals surface area contributed by atoms with Crippen molar-refractivity contribution in [1.82, 2.24) is 10.3 Å². The largest absolute Gasteiger partial charge is 0.441 e. The summed E-state index contributed by atoms with van der Waals surface area (Å²) < 4.78 is 43.3. The maximum atomic E-state index is 13.7. The summed E-state index contributed by atoms with van der Waals surface area (Å²) in [6.45, 7) is 0. The molecule has 0 aliphatic carbocycles. The van der Waals surface area contributed by atoms with E-state index >= 15 is 0 Å². The van der Waals surface area contributed by atoms with Crippen molar-refractivity contribution in [3.63, 3.8) is 0 Å². The molecule has 1 saturated heterocycles. The Labute approximate surface area is 139 Å². The molecule has 1 N–H and O–H groups in total. The van der Waals surface area contributed by atoms with Gasteiger partial charge in [0, 0.05) is 47.3 Å². The maximum absolute atomic E-state index is 13.7. The molecule has 128 valence electrons. The van der Waals surface area contributed by atoms with E-state index in [0.29, 0.717) is 17.4 Å². The number of benzene rings is 1. The van der Waals surface area contributed by atoms with E-state index in [2.05, 4.69) is 10.3 Å². The van der Waals surface area contributed by atoms with E-state index in [1.54, 1.807) is 0 Å². The monoisotopic (exact) mass is 354 g/mol. The number of oxazole rings is 1. The molecule has 24 heavy (non-hydrogen) atoms. The van der Waals surface area contributed by atoms with Crippen LogP contribution in [-0.2, 0) is 22.0 Å². The van der Waals surface area contributed by atoms with Crippen LogP contribution in [0.5, 0.6) is 0 Å². The Morgan fingerprint density at radius 1 is 1.42 bits per heavy atom. The first-order valence-corrected chi connectivity index (χ1v) is 9.04.